The van der Waals surface area contributed by atoms with E-state index in [0.29, 0.717) is 34.4 Å². The topological polar surface area (TPSA) is 133 Å². The Morgan fingerprint density at radius 2 is 1.71 bits per heavy atom. The Hall–Kier alpha value is -1.87. The molecule has 1 aromatic carbocycles. The molecule has 2 amide bonds. The molecule has 0 spiro atoms. The number of carboxylic acids is 1. The third-order valence-corrected chi connectivity index (χ3v) is 8.66. The van der Waals surface area contributed by atoms with Crippen molar-refractivity contribution < 1.29 is 19.5 Å². The second kappa shape index (κ2) is 13.4. The molecule has 3 aromatic rings. The van der Waals surface area contributed by atoms with Crippen molar-refractivity contribution in [3.8, 4) is 0 Å². The number of aromatic carboxylic acids is 1. The van der Waals surface area contributed by atoms with E-state index in [0.717, 1.165) is 23.3 Å². The zero-order valence-corrected chi connectivity index (χ0v) is 25.4. The molecule has 3 rings (SSSR count). The van der Waals surface area contributed by atoms with Gasteiger partial charge in [-0.1, -0.05) is 35.7 Å². The summed E-state index contributed by atoms with van der Waals surface area (Å²) in [6, 6.07) is 5.47. The van der Waals surface area contributed by atoms with Crippen LogP contribution in [-0.2, 0) is 0 Å². The number of aryl methyl sites for hydroxylation is 1. The van der Waals surface area contributed by atoms with Crippen molar-refractivity contribution in [1.29, 1.82) is 0 Å². The Kier molecular flexibility index (Phi) is 11.3. The van der Waals surface area contributed by atoms with Gasteiger partial charge in [-0.25, -0.2) is 14.8 Å². The highest BCUT2D eigenvalue weighted by Crippen LogP contribution is 2.29. The summed E-state index contributed by atoms with van der Waals surface area (Å²) in [7, 11) is 1.57. The molecule has 188 valence electrons. The highest BCUT2D eigenvalue weighted by molar-refractivity contribution is 9.11. The van der Waals surface area contributed by atoms with Crippen LogP contribution in [0.25, 0.3) is 0 Å². The van der Waals surface area contributed by atoms with Crippen molar-refractivity contribution in [3.05, 3.63) is 52.2 Å². The number of thiazole rings is 2. The minimum Gasteiger partial charge on any atom is -0.477 e. The first kappa shape index (κ1) is 29.4. The normalized spacial score (nSPS) is 11.2. The monoisotopic (exact) mass is 709 g/mol. The van der Waals surface area contributed by atoms with E-state index >= 15 is 0 Å². The second-order valence-corrected chi connectivity index (χ2v) is 11.8. The van der Waals surface area contributed by atoms with E-state index in [4.69, 9.17) is 5.11 Å². The summed E-state index contributed by atoms with van der Waals surface area (Å²) in [5.74, 6) is -1.43. The van der Waals surface area contributed by atoms with Crippen LogP contribution in [0.4, 0.5) is 10.8 Å². The molecule has 2 heterocycles. The minimum absolute atomic E-state index is 0.200. The predicted octanol–water partition coefficient (Wildman–Crippen LogP) is 6.40. The molecule has 0 bridgehead atoms. The molecule has 35 heavy (non-hydrogen) atoms. The fourth-order valence-electron chi connectivity index (χ4n) is 2.45. The van der Waals surface area contributed by atoms with Gasteiger partial charge in [0.15, 0.2) is 9.05 Å². The quantitative estimate of drug-likeness (QED) is 0.223. The lowest BCUT2D eigenvalue weighted by molar-refractivity contribution is 0.0700. The largest absolute Gasteiger partial charge is 0.477 e. The summed E-state index contributed by atoms with van der Waals surface area (Å²) in [5.41, 5.74) is 1.97. The summed E-state index contributed by atoms with van der Waals surface area (Å²) in [6.07, 6.45) is 0.963. The fraction of sp³-hybridized carbons (Fsp3) is 0.286. The highest BCUT2D eigenvalue weighted by atomic mass is 79.9. The van der Waals surface area contributed by atoms with Gasteiger partial charge in [0.25, 0.3) is 11.8 Å². The van der Waals surface area contributed by atoms with Crippen molar-refractivity contribution in [3.63, 3.8) is 0 Å². The van der Waals surface area contributed by atoms with Crippen LogP contribution in [0, 0.1) is 6.92 Å². The maximum Gasteiger partial charge on any atom is 0.348 e. The second-order valence-electron chi connectivity index (χ2n) is 7.05. The summed E-state index contributed by atoms with van der Waals surface area (Å²) in [4.78, 5) is 43.6. The van der Waals surface area contributed by atoms with Crippen molar-refractivity contribution in [2.45, 2.75) is 33.2 Å². The van der Waals surface area contributed by atoms with E-state index in [2.05, 4.69) is 87.6 Å². The number of nitrogens with one attached hydrogen (secondary N) is 3. The van der Waals surface area contributed by atoms with E-state index in [-0.39, 0.29) is 22.7 Å². The van der Waals surface area contributed by atoms with Gasteiger partial charge in [-0.15, -0.1) is 0 Å². The molecule has 0 aliphatic heterocycles. The molecular formula is C21H22Br3N5O4S2. The van der Waals surface area contributed by atoms with Gasteiger partial charge in [-0.3, -0.25) is 9.59 Å². The minimum atomic E-state index is -0.963. The van der Waals surface area contributed by atoms with E-state index in [9.17, 15) is 14.4 Å². The molecule has 0 saturated carbocycles. The van der Waals surface area contributed by atoms with Crippen LogP contribution in [0.1, 0.15) is 55.5 Å². The number of carbonyl (C=O) groups excluding carboxylic acids is 2. The van der Waals surface area contributed by atoms with Gasteiger partial charge in [0.2, 0.25) is 0 Å². The first-order chi connectivity index (χ1) is 16.5. The molecule has 2 aromatic heterocycles. The Labute approximate surface area is 235 Å². The molecule has 14 heteroatoms. The number of carbonyl (C=O) groups is 3. The summed E-state index contributed by atoms with van der Waals surface area (Å²) >= 11 is 11.8. The maximum atomic E-state index is 12.6. The van der Waals surface area contributed by atoms with Crippen LogP contribution in [0.15, 0.2) is 31.3 Å². The van der Waals surface area contributed by atoms with Crippen molar-refractivity contribution in [2.24, 2.45) is 0 Å². The van der Waals surface area contributed by atoms with E-state index in [1.165, 1.54) is 11.3 Å². The number of anilines is 2. The number of amides is 2. The lowest BCUT2D eigenvalue weighted by Crippen LogP contribution is -2.18. The molecule has 0 aliphatic carbocycles. The van der Waals surface area contributed by atoms with Crippen molar-refractivity contribution in [2.75, 3.05) is 17.7 Å². The Morgan fingerprint density at radius 1 is 1.06 bits per heavy atom. The van der Waals surface area contributed by atoms with Crippen LogP contribution >= 0.6 is 70.5 Å². The molecule has 4 N–H and O–H groups in total. The van der Waals surface area contributed by atoms with Gasteiger partial charge in [0.1, 0.15) is 19.0 Å². The van der Waals surface area contributed by atoms with Gasteiger partial charge in [-0.05, 0) is 85.8 Å². The number of rotatable bonds is 7. The van der Waals surface area contributed by atoms with E-state index in [1.807, 2.05) is 6.92 Å². The smallest absolute Gasteiger partial charge is 0.348 e. The predicted molar refractivity (Wildman–Crippen MR) is 150 cm³/mol. The highest BCUT2D eigenvalue weighted by Gasteiger charge is 2.19. The van der Waals surface area contributed by atoms with Crippen molar-refractivity contribution >= 4 is 99.1 Å². The average Bonchev–Trinajstić information content (AvgIpc) is 3.35. The summed E-state index contributed by atoms with van der Waals surface area (Å²) < 4.78 is 1.44. The Morgan fingerprint density at radius 3 is 2.23 bits per heavy atom. The summed E-state index contributed by atoms with van der Waals surface area (Å²) in [6.45, 7) is 6.01. The molecule has 0 unspecified atom stereocenters. The average molecular weight is 712 g/mol. The number of hydrogen-bond donors (Lipinski definition) is 4. The first-order valence-electron chi connectivity index (χ1n) is 10.1. The van der Waals surface area contributed by atoms with Crippen LogP contribution in [0.3, 0.4) is 0 Å². The van der Waals surface area contributed by atoms with Gasteiger partial charge in [0.05, 0.1) is 0 Å². The van der Waals surface area contributed by atoms with Crippen LogP contribution in [0.2, 0.25) is 0 Å². The third kappa shape index (κ3) is 8.34. The lowest BCUT2D eigenvalue weighted by Gasteiger charge is -2.10. The molecule has 0 aliphatic rings. The van der Waals surface area contributed by atoms with Gasteiger partial charge in [-0.2, -0.15) is 0 Å². The van der Waals surface area contributed by atoms with Crippen LogP contribution in [-0.4, -0.2) is 45.9 Å². The fourth-order valence-corrected chi connectivity index (χ4v) is 6.16. The van der Waals surface area contributed by atoms with E-state index in [1.54, 1.807) is 25.2 Å². The molecule has 0 radical (unpaired) electrons. The Balaban J connectivity index is 0.000000360. The number of halogens is 3. The number of benzene rings is 1. The number of carboxylic acid groups (broad SMARTS) is 1. The van der Waals surface area contributed by atoms with Gasteiger partial charge in [0, 0.05) is 24.3 Å². The maximum absolute atomic E-state index is 12.6. The third-order valence-electron chi connectivity index (χ3n) is 4.50. The first-order valence-corrected chi connectivity index (χ1v) is 14.1. The molecular weight excluding hydrogens is 690 g/mol. The number of hydrogen-bond acceptors (Lipinski definition) is 8. The standard InChI is InChI=1S/C17H21BrN4O2S.C4HBr2NO2S/c1-5-10(3)20-17-22-14(18)13(25-17)16(24)21-12-8-11(15(23)19-4)7-6-9(12)2;5-2-1(3(8)9)10-4(6)7-2/h6-8,10H,5H2,1-4H3,(H,19,23)(H,20,22)(H,21,24);(H,8,9)/t10-;/m1./s1. The Bertz CT molecular complexity index is 1230. The van der Waals surface area contributed by atoms with Crippen LogP contribution in [0.5, 0.6) is 0 Å². The molecule has 0 fully saturated rings. The SMILES string of the molecule is CC[C@@H](C)Nc1nc(Br)c(C(=O)Nc2cc(C(=O)NC)ccc2C)s1.O=C(O)c1sc(Br)nc1Br. The van der Waals surface area contributed by atoms with E-state index < -0.39 is 5.97 Å². The molecule has 1 atom stereocenters. The van der Waals surface area contributed by atoms with Gasteiger partial charge < -0.3 is 21.1 Å². The van der Waals surface area contributed by atoms with Crippen LogP contribution < -0.4 is 16.0 Å². The lowest BCUT2D eigenvalue weighted by atomic mass is 10.1. The van der Waals surface area contributed by atoms with Crippen molar-refractivity contribution in [1.82, 2.24) is 15.3 Å². The van der Waals surface area contributed by atoms with Gasteiger partial charge >= 0.3 is 5.97 Å². The number of nitrogens with zero attached hydrogens (tertiary/aromatic N) is 2. The zero-order chi connectivity index (χ0) is 26.3. The zero-order valence-electron chi connectivity index (χ0n) is 19.0. The summed E-state index contributed by atoms with van der Waals surface area (Å²) in [5, 5.41) is 17.9. The molecule has 0 saturated heterocycles. The molecule has 9 nitrogen and oxygen atoms in total. The number of aromatic nitrogens is 2.